The van der Waals surface area contributed by atoms with Gasteiger partial charge in [-0.15, -0.1) is 0 Å². The van der Waals surface area contributed by atoms with Crippen molar-refractivity contribution in [2.45, 2.75) is 6.54 Å². The van der Waals surface area contributed by atoms with Gasteiger partial charge in [0.2, 0.25) is 0 Å². The lowest BCUT2D eigenvalue weighted by Crippen LogP contribution is -2.23. The molecule has 0 aliphatic rings. The normalized spacial score (nSPS) is 10.1. The lowest BCUT2D eigenvalue weighted by Gasteiger charge is -2.10. The van der Waals surface area contributed by atoms with Crippen LogP contribution in [0.3, 0.4) is 0 Å². The Morgan fingerprint density at radius 1 is 1.04 bits per heavy atom. The minimum absolute atomic E-state index is 0.134. The van der Waals surface area contributed by atoms with E-state index in [1.165, 1.54) is 19.4 Å². The van der Waals surface area contributed by atoms with E-state index in [2.05, 4.69) is 20.6 Å². The third-order valence-corrected chi connectivity index (χ3v) is 3.79. The number of benzene rings is 1. The molecule has 2 heterocycles. The van der Waals surface area contributed by atoms with Gasteiger partial charge in [0.1, 0.15) is 11.4 Å². The number of hydrogen-bond donors (Lipinski definition) is 2. The van der Waals surface area contributed by atoms with Gasteiger partial charge in [-0.3, -0.25) is 19.6 Å². The standard InChI is InChI=1S/C20H18N4O3/c1-27-18-7-3-2-6-16(18)24-20(26)17-11-15(8-10-22-17)19(25)23-13-14-5-4-9-21-12-14/h2-12H,13H2,1H3,(H,23,25)(H,24,26). The van der Waals surface area contributed by atoms with Gasteiger partial charge in [0.25, 0.3) is 11.8 Å². The third-order valence-electron chi connectivity index (χ3n) is 3.79. The smallest absolute Gasteiger partial charge is 0.274 e. The maximum absolute atomic E-state index is 12.5. The minimum atomic E-state index is -0.429. The first-order chi connectivity index (χ1) is 13.2. The molecule has 0 bridgehead atoms. The van der Waals surface area contributed by atoms with Crippen LogP contribution >= 0.6 is 0 Å². The van der Waals surface area contributed by atoms with Crippen molar-refractivity contribution in [1.29, 1.82) is 0 Å². The number of ether oxygens (including phenoxy) is 1. The molecule has 0 fully saturated rings. The highest BCUT2D eigenvalue weighted by atomic mass is 16.5. The molecule has 136 valence electrons. The van der Waals surface area contributed by atoms with Crippen molar-refractivity contribution in [3.63, 3.8) is 0 Å². The highest BCUT2D eigenvalue weighted by Crippen LogP contribution is 2.23. The molecule has 3 rings (SSSR count). The number of hydrogen-bond acceptors (Lipinski definition) is 5. The Bertz CT molecular complexity index is 945. The van der Waals surface area contributed by atoms with Crippen LogP contribution < -0.4 is 15.4 Å². The fraction of sp³-hybridized carbons (Fsp3) is 0.100. The highest BCUT2D eigenvalue weighted by Gasteiger charge is 2.13. The SMILES string of the molecule is COc1ccccc1NC(=O)c1cc(C(=O)NCc2cccnc2)ccn1. The summed E-state index contributed by atoms with van der Waals surface area (Å²) in [6.45, 7) is 0.345. The van der Waals surface area contributed by atoms with Crippen LogP contribution in [0.5, 0.6) is 5.75 Å². The molecule has 0 spiro atoms. The Morgan fingerprint density at radius 2 is 1.89 bits per heavy atom. The fourth-order valence-corrected chi connectivity index (χ4v) is 2.42. The molecule has 2 aromatic heterocycles. The zero-order chi connectivity index (χ0) is 19.1. The van der Waals surface area contributed by atoms with E-state index >= 15 is 0 Å². The van der Waals surface area contributed by atoms with Crippen LogP contribution in [0.1, 0.15) is 26.4 Å². The molecule has 0 saturated heterocycles. The second-order valence-corrected chi connectivity index (χ2v) is 5.63. The van der Waals surface area contributed by atoms with Crippen molar-refractivity contribution >= 4 is 17.5 Å². The summed E-state index contributed by atoms with van der Waals surface area (Å²) in [5, 5.41) is 5.53. The number of methoxy groups -OCH3 is 1. The van der Waals surface area contributed by atoms with Gasteiger partial charge in [-0.2, -0.15) is 0 Å². The van der Waals surface area contributed by atoms with Crippen molar-refractivity contribution < 1.29 is 14.3 Å². The fourth-order valence-electron chi connectivity index (χ4n) is 2.42. The second-order valence-electron chi connectivity index (χ2n) is 5.63. The largest absolute Gasteiger partial charge is 0.495 e. The van der Waals surface area contributed by atoms with Crippen molar-refractivity contribution in [3.8, 4) is 5.75 Å². The van der Waals surface area contributed by atoms with Crippen LogP contribution in [-0.2, 0) is 6.54 Å². The van der Waals surface area contributed by atoms with Gasteiger partial charge in [-0.1, -0.05) is 18.2 Å². The van der Waals surface area contributed by atoms with E-state index in [4.69, 9.17) is 4.74 Å². The summed E-state index contributed by atoms with van der Waals surface area (Å²) >= 11 is 0. The van der Waals surface area contributed by atoms with Crippen molar-refractivity contribution in [3.05, 3.63) is 83.9 Å². The lowest BCUT2D eigenvalue weighted by atomic mass is 10.2. The van der Waals surface area contributed by atoms with E-state index in [9.17, 15) is 9.59 Å². The molecule has 27 heavy (non-hydrogen) atoms. The number of amides is 2. The molecule has 0 atom stereocenters. The van der Waals surface area contributed by atoms with E-state index in [0.29, 0.717) is 23.5 Å². The van der Waals surface area contributed by atoms with Gasteiger partial charge in [-0.05, 0) is 35.9 Å². The molecular weight excluding hydrogens is 344 g/mol. The summed E-state index contributed by atoms with van der Waals surface area (Å²) in [6, 6.07) is 13.7. The second kappa shape index (κ2) is 8.57. The molecule has 7 heteroatoms. The molecule has 0 aliphatic heterocycles. The number of anilines is 1. The molecule has 7 nitrogen and oxygen atoms in total. The zero-order valence-corrected chi connectivity index (χ0v) is 14.7. The topological polar surface area (TPSA) is 93.2 Å². The van der Waals surface area contributed by atoms with Crippen LogP contribution in [0.2, 0.25) is 0 Å². The Hall–Kier alpha value is -3.74. The van der Waals surface area contributed by atoms with Crippen LogP contribution in [0.4, 0.5) is 5.69 Å². The first-order valence-electron chi connectivity index (χ1n) is 8.25. The number of nitrogens with one attached hydrogen (secondary N) is 2. The Morgan fingerprint density at radius 3 is 2.67 bits per heavy atom. The van der Waals surface area contributed by atoms with Gasteiger partial charge in [0.15, 0.2) is 0 Å². The van der Waals surface area contributed by atoms with E-state index in [0.717, 1.165) is 5.56 Å². The average Bonchev–Trinajstić information content (AvgIpc) is 2.73. The van der Waals surface area contributed by atoms with Crippen molar-refractivity contribution in [2.75, 3.05) is 12.4 Å². The minimum Gasteiger partial charge on any atom is -0.495 e. The van der Waals surface area contributed by atoms with Crippen LogP contribution in [0, 0.1) is 0 Å². The number of aromatic nitrogens is 2. The summed E-state index contributed by atoms with van der Waals surface area (Å²) in [5.74, 6) is -0.190. The predicted molar refractivity (Wildman–Crippen MR) is 101 cm³/mol. The lowest BCUT2D eigenvalue weighted by molar-refractivity contribution is 0.0950. The quantitative estimate of drug-likeness (QED) is 0.703. The number of rotatable bonds is 6. The van der Waals surface area contributed by atoms with Crippen LogP contribution in [0.15, 0.2) is 67.1 Å². The van der Waals surface area contributed by atoms with Crippen LogP contribution in [0.25, 0.3) is 0 Å². The number of para-hydroxylation sites is 2. The van der Waals surface area contributed by atoms with Gasteiger partial charge >= 0.3 is 0 Å². The molecule has 1 aromatic carbocycles. The van der Waals surface area contributed by atoms with Crippen LogP contribution in [-0.4, -0.2) is 28.9 Å². The molecule has 2 amide bonds. The summed E-state index contributed by atoms with van der Waals surface area (Å²) in [7, 11) is 1.52. The van der Waals surface area contributed by atoms with E-state index in [1.54, 1.807) is 48.8 Å². The summed E-state index contributed by atoms with van der Waals surface area (Å²) in [4.78, 5) is 32.9. The number of nitrogens with zero attached hydrogens (tertiary/aromatic N) is 2. The molecule has 0 aliphatic carbocycles. The maximum Gasteiger partial charge on any atom is 0.274 e. The van der Waals surface area contributed by atoms with Gasteiger partial charge < -0.3 is 15.4 Å². The van der Waals surface area contributed by atoms with Gasteiger partial charge in [-0.25, -0.2) is 0 Å². The van der Waals surface area contributed by atoms with Gasteiger partial charge in [0.05, 0.1) is 12.8 Å². The molecule has 0 radical (unpaired) electrons. The summed E-state index contributed by atoms with van der Waals surface area (Å²) in [5.41, 5.74) is 1.89. The highest BCUT2D eigenvalue weighted by molar-refractivity contribution is 6.05. The predicted octanol–water partition coefficient (Wildman–Crippen LogP) is 2.67. The van der Waals surface area contributed by atoms with E-state index in [-0.39, 0.29) is 11.6 Å². The molecular formula is C20H18N4O3. The number of carbonyl (C=O) groups is 2. The first kappa shape index (κ1) is 18.1. The van der Waals surface area contributed by atoms with Crippen molar-refractivity contribution in [1.82, 2.24) is 15.3 Å². The molecule has 0 saturated carbocycles. The Kier molecular flexibility index (Phi) is 5.73. The average molecular weight is 362 g/mol. The monoisotopic (exact) mass is 362 g/mol. The van der Waals surface area contributed by atoms with E-state index < -0.39 is 5.91 Å². The van der Waals surface area contributed by atoms with E-state index in [1.807, 2.05) is 6.07 Å². The van der Waals surface area contributed by atoms with Crippen molar-refractivity contribution in [2.24, 2.45) is 0 Å². The number of pyridine rings is 2. The molecule has 2 N–H and O–H groups in total. The summed E-state index contributed by atoms with van der Waals surface area (Å²) < 4.78 is 5.21. The maximum atomic E-state index is 12.5. The Labute approximate surface area is 156 Å². The molecule has 3 aromatic rings. The Balaban J connectivity index is 1.69. The zero-order valence-electron chi connectivity index (χ0n) is 14.7. The molecule has 0 unspecified atom stereocenters. The first-order valence-corrected chi connectivity index (χ1v) is 8.25. The number of carbonyl (C=O) groups excluding carboxylic acids is 2. The van der Waals surface area contributed by atoms with Gasteiger partial charge in [0, 0.05) is 30.7 Å². The summed E-state index contributed by atoms with van der Waals surface area (Å²) in [6.07, 6.45) is 4.77. The third kappa shape index (κ3) is 4.66.